The summed E-state index contributed by atoms with van der Waals surface area (Å²) in [6.07, 6.45) is 0.163. The molecule has 2 amide bonds. The molecule has 0 aliphatic rings. The molecule has 7 heteroatoms. The summed E-state index contributed by atoms with van der Waals surface area (Å²) >= 11 is 5.12. The van der Waals surface area contributed by atoms with Crippen molar-refractivity contribution < 1.29 is 14.3 Å². The van der Waals surface area contributed by atoms with E-state index in [0.29, 0.717) is 5.75 Å². The minimum Gasteiger partial charge on any atom is -0.483 e. The molecule has 0 fully saturated rings. The van der Waals surface area contributed by atoms with Gasteiger partial charge in [-0.05, 0) is 40.2 Å². The molecule has 0 spiro atoms. The Morgan fingerprint density at radius 2 is 1.44 bits per heavy atom. The van der Waals surface area contributed by atoms with Crippen LogP contribution in [0.4, 0.5) is 0 Å². The van der Waals surface area contributed by atoms with Crippen molar-refractivity contribution in [2.24, 2.45) is 0 Å². The van der Waals surface area contributed by atoms with Gasteiger partial charge < -0.3 is 10.1 Å². The average Bonchev–Trinajstić information content (AvgIpc) is 2.87. The summed E-state index contributed by atoms with van der Waals surface area (Å²) < 4.78 is 5.70. The summed E-state index contributed by atoms with van der Waals surface area (Å²) in [6, 6.07) is 31.0. The molecule has 0 saturated carbocycles. The predicted octanol–water partition coefficient (Wildman–Crippen LogP) is 4.15. The molecule has 0 heterocycles. The van der Waals surface area contributed by atoms with E-state index >= 15 is 0 Å². The molecular formula is C27H23N3O3S. The molecule has 0 aliphatic carbocycles. The van der Waals surface area contributed by atoms with Crippen LogP contribution in [-0.4, -0.2) is 23.5 Å². The third-order valence-electron chi connectivity index (χ3n) is 5.13. The first-order chi connectivity index (χ1) is 16.6. The van der Waals surface area contributed by atoms with Gasteiger partial charge in [0.1, 0.15) is 5.75 Å². The van der Waals surface area contributed by atoms with Crippen LogP contribution >= 0.6 is 12.2 Å². The largest absolute Gasteiger partial charge is 0.483 e. The van der Waals surface area contributed by atoms with E-state index in [0.717, 1.165) is 27.5 Å². The molecule has 0 bridgehead atoms. The predicted molar refractivity (Wildman–Crippen MR) is 137 cm³/mol. The first kappa shape index (κ1) is 22.9. The van der Waals surface area contributed by atoms with Gasteiger partial charge in [0.25, 0.3) is 5.91 Å². The molecule has 4 aromatic rings. The third-order valence-corrected chi connectivity index (χ3v) is 5.33. The topological polar surface area (TPSA) is 79.5 Å². The fourth-order valence-electron chi connectivity index (χ4n) is 3.58. The summed E-state index contributed by atoms with van der Waals surface area (Å²) in [6.45, 7) is -0.219. The normalized spacial score (nSPS) is 10.4. The highest BCUT2D eigenvalue weighted by atomic mass is 32.1. The molecule has 0 aromatic heterocycles. The van der Waals surface area contributed by atoms with E-state index in [4.69, 9.17) is 17.0 Å². The van der Waals surface area contributed by atoms with Gasteiger partial charge in [-0.3, -0.25) is 20.4 Å². The maximum Gasteiger partial charge on any atom is 0.276 e. The second kappa shape index (κ2) is 11.1. The van der Waals surface area contributed by atoms with Gasteiger partial charge in [0.05, 0.1) is 6.42 Å². The lowest BCUT2D eigenvalue weighted by Crippen LogP contribution is -2.50. The van der Waals surface area contributed by atoms with E-state index in [9.17, 15) is 9.59 Å². The third kappa shape index (κ3) is 5.96. The highest BCUT2D eigenvalue weighted by Gasteiger charge is 2.11. The maximum absolute atomic E-state index is 12.4. The monoisotopic (exact) mass is 469 g/mol. The molecule has 0 radical (unpaired) electrons. The summed E-state index contributed by atoms with van der Waals surface area (Å²) in [5.74, 6) is -0.125. The van der Waals surface area contributed by atoms with Crippen molar-refractivity contribution in [2.75, 3.05) is 6.61 Å². The molecule has 170 valence electrons. The van der Waals surface area contributed by atoms with Gasteiger partial charge in [-0.25, -0.2) is 0 Å². The molecular weight excluding hydrogens is 446 g/mol. The standard InChI is InChI=1S/C27H23N3O3S/c31-25(17-21-13-8-12-19-11-4-5-14-22(19)21)28-27(34)30-29-26(32)18-33-24-16-7-6-15-23(24)20-9-2-1-3-10-20/h1-16H,17-18H2,(H,29,32)(H2,28,30,31,34). The summed E-state index contributed by atoms with van der Waals surface area (Å²) in [7, 11) is 0. The zero-order chi connectivity index (χ0) is 23.8. The number of rotatable bonds is 6. The van der Waals surface area contributed by atoms with Crippen LogP contribution in [0.5, 0.6) is 5.75 Å². The fraction of sp³-hybridized carbons (Fsp3) is 0.0741. The van der Waals surface area contributed by atoms with E-state index in [1.165, 1.54) is 0 Å². The van der Waals surface area contributed by atoms with Crippen LogP contribution in [-0.2, 0) is 16.0 Å². The minimum absolute atomic E-state index is 0.00303. The molecule has 6 nitrogen and oxygen atoms in total. The number of benzene rings is 4. The molecule has 0 aliphatic heterocycles. The Balaban J connectivity index is 1.25. The Kier molecular flexibility index (Phi) is 7.47. The second-order valence-electron chi connectivity index (χ2n) is 7.52. The number of hydrogen-bond donors (Lipinski definition) is 3. The fourth-order valence-corrected chi connectivity index (χ4v) is 3.74. The minimum atomic E-state index is -0.437. The summed E-state index contributed by atoms with van der Waals surface area (Å²) in [5, 5.41) is 4.66. The smallest absolute Gasteiger partial charge is 0.276 e. The molecule has 0 atom stereocenters. The van der Waals surface area contributed by atoms with Crippen LogP contribution in [0.2, 0.25) is 0 Å². The van der Waals surface area contributed by atoms with Crippen LogP contribution in [0.3, 0.4) is 0 Å². The van der Waals surface area contributed by atoms with E-state index in [1.807, 2.05) is 91.0 Å². The Morgan fingerprint density at radius 3 is 2.29 bits per heavy atom. The van der Waals surface area contributed by atoms with Gasteiger partial charge in [0.2, 0.25) is 5.91 Å². The molecule has 34 heavy (non-hydrogen) atoms. The molecule has 0 saturated heterocycles. The summed E-state index contributed by atoms with van der Waals surface area (Å²) in [5.41, 5.74) is 7.76. The van der Waals surface area contributed by atoms with Crippen LogP contribution in [0.1, 0.15) is 5.56 Å². The number of ether oxygens (including phenoxy) is 1. The number of carbonyl (C=O) groups excluding carboxylic acids is 2. The van der Waals surface area contributed by atoms with Crippen molar-refractivity contribution in [1.82, 2.24) is 16.2 Å². The van der Waals surface area contributed by atoms with Crippen molar-refractivity contribution in [3.8, 4) is 16.9 Å². The lowest BCUT2D eigenvalue weighted by Gasteiger charge is -2.13. The van der Waals surface area contributed by atoms with Crippen molar-refractivity contribution in [3.63, 3.8) is 0 Å². The van der Waals surface area contributed by atoms with Gasteiger partial charge in [-0.2, -0.15) is 0 Å². The van der Waals surface area contributed by atoms with Crippen molar-refractivity contribution in [2.45, 2.75) is 6.42 Å². The Labute approximate surface area is 202 Å². The SMILES string of the molecule is O=C(COc1ccccc1-c1ccccc1)NNC(=S)NC(=O)Cc1cccc2ccccc12. The maximum atomic E-state index is 12.4. The second-order valence-corrected chi connectivity index (χ2v) is 7.92. The van der Waals surface area contributed by atoms with Crippen LogP contribution in [0, 0.1) is 0 Å². The number of para-hydroxylation sites is 1. The Bertz CT molecular complexity index is 1320. The Morgan fingerprint density at radius 1 is 0.735 bits per heavy atom. The zero-order valence-electron chi connectivity index (χ0n) is 18.3. The van der Waals surface area contributed by atoms with Gasteiger partial charge in [0.15, 0.2) is 11.7 Å². The quantitative estimate of drug-likeness (QED) is 0.292. The number of carbonyl (C=O) groups is 2. The highest BCUT2D eigenvalue weighted by Crippen LogP contribution is 2.29. The molecule has 4 aromatic carbocycles. The van der Waals surface area contributed by atoms with Crippen molar-refractivity contribution in [3.05, 3.63) is 103 Å². The molecule has 4 rings (SSSR count). The number of hydrazine groups is 1. The van der Waals surface area contributed by atoms with Gasteiger partial charge in [0, 0.05) is 5.56 Å². The van der Waals surface area contributed by atoms with E-state index < -0.39 is 5.91 Å². The van der Waals surface area contributed by atoms with Crippen molar-refractivity contribution >= 4 is 39.9 Å². The van der Waals surface area contributed by atoms with Gasteiger partial charge in [-0.1, -0.05) is 91.0 Å². The van der Waals surface area contributed by atoms with E-state index in [1.54, 1.807) is 6.07 Å². The number of thiocarbonyl (C=S) groups is 1. The molecule has 3 N–H and O–H groups in total. The number of fused-ring (bicyclic) bond motifs is 1. The van der Waals surface area contributed by atoms with E-state index in [-0.39, 0.29) is 24.0 Å². The lowest BCUT2D eigenvalue weighted by molar-refractivity contribution is -0.124. The average molecular weight is 470 g/mol. The van der Waals surface area contributed by atoms with Gasteiger partial charge >= 0.3 is 0 Å². The highest BCUT2D eigenvalue weighted by molar-refractivity contribution is 7.80. The summed E-state index contributed by atoms with van der Waals surface area (Å²) in [4.78, 5) is 24.6. The number of hydrogen-bond acceptors (Lipinski definition) is 4. The van der Waals surface area contributed by atoms with Crippen LogP contribution < -0.4 is 20.9 Å². The number of nitrogens with one attached hydrogen (secondary N) is 3. The first-order valence-corrected chi connectivity index (χ1v) is 11.1. The van der Waals surface area contributed by atoms with Crippen LogP contribution in [0.15, 0.2) is 97.1 Å². The molecule has 0 unspecified atom stereocenters. The van der Waals surface area contributed by atoms with Crippen LogP contribution in [0.25, 0.3) is 21.9 Å². The van der Waals surface area contributed by atoms with E-state index in [2.05, 4.69) is 16.2 Å². The first-order valence-electron chi connectivity index (χ1n) is 10.7. The number of amides is 2. The Hall–Kier alpha value is -4.23. The zero-order valence-corrected chi connectivity index (χ0v) is 19.1. The van der Waals surface area contributed by atoms with Crippen molar-refractivity contribution in [1.29, 1.82) is 0 Å². The lowest BCUT2D eigenvalue weighted by atomic mass is 10.0. The van der Waals surface area contributed by atoms with Gasteiger partial charge in [-0.15, -0.1) is 0 Å².